The highest BCUT2D eigenvalue weighted by atomic mass is 16.6. The van der Waals surface area contributed by atoms with Crippen molar-refractivity contribution < 1.29 is 29.0 Å². The van der Waals surface area contributed by atoms with Gasteiger partial charge in [0, 0.05) is 25.2 Å². The summed E-state index contributed by atoms with van der Waals surface area (Å²) < 4.78 is 12.8. The van der Waals surface area contributed by atoms with Crippen molar-refractivity contribution in [3.05, 3.63) is 24.3 Å². The molecule has 8 heteroatoms. The summed E-state index contributed by atoms with van der Waals surface area (Å²) in [6.45, 7) is 14.0. The number of amides is 2. The summed E-state index contributed by atoms with van der Waals surface area (Å²) in [5.41, 5.74) is -2.76. The minimum absolute atomic E-state index is 0.00888. The lowest BCUT2D eigenvalue weighted by Crippen LogP contribution is -2.60. The van der Waals surface area contributed by atoms with Gasteiger partial charge in [0.15, 0.2) is 0 Å². The number of allylic oxidation sites excluding steroid dienone is 1. The fourth-order valence-electron chi connectivity index (χ4n) is 7.96. The second kappa shape index (κ2) is 12.2. The number of fused-ring (bicyclic) bond motifs is 2. The van der Waals surface area contributed by atoms with Gasteiger partial charge in [-0.15, -0.1) is 0 Å². The van der Waals surface area contributed by atoms with Crippen molar-refractivity contribution in [1.82, 2.24) is 9.80 Å². The lowest BCUT2D eigenvalue weighted by atomic mass is 9.73. The van der Waals surface area contributed by atoms with E-state index in [1.165, 1.54) is 0 Å². The van der Waals surface area contributed by atoms with Gasteiger partial charge in [-0.1, -0.05) is 64.8 Å². The lowest BCUT2D eigenvalue weighted by Gasteiger charge is -2.45. The molecular weight excluding hydrogens is 520 g/mol. The molecule has 1 unspecified atom stereocenters. The third-order valence-electron chi connectivity index (χ3n) is 9.38. The molecule has 0 aromatic heterocycles. The zero-order chi connectivity index (χ0) is 30.1. The summed E-state index contributed by atoms with van der Waals surface area (Å²) in [6, 6.07) is -0.863. The lowest BCUT2D eigenvalue weighted by molar-refractivity contribution is -0.162. The number of nitrogens with zero attached hydrogens (tertiary/aromatic N) is 2. The highest BCUT2D eigenvalue weighted by Gasteiger charge is 2.75. The van der Waals surface area contributed by atoms with Gasteiger partial charge in [-0.2, -0.15) is 0 Å². The zero-order valence-corrected chi connectivity index (χ0v) is 26.1. The number of aliphatic hydroxyl groups is 1. The first-order chi connectivity index (χ1) is 19.3. The number of hydrogen-bond acceptors (Lipinski definition) is 6. The summed E-state index contributed by atoms with van der Waals surface area (Å²) in [6.07, 6.45) is 14.9. The zero-order valence-electron chi connectivity index (χ0n) is 26.1. The van der Waals surface area contributed by atoms with E-state index in [2.05, 4.69) is 40.7 Å². The van der Waals surface area contributed by atoms with Crippen LogP contribution in [-0.2, 0) is 23.9 Å². The molecule has 230 valence electrons. The van der Waals surface area contributed by atoms with Crippen molar-refractivity contribution in [3.8, 4) is 0 Å². The number of carbonyl (C=O) groups is 3. The maximum atomic E-state index is 14.8. The van der Waals surface area contributed by atoms with E-state index in [9.17, 15) is 19.5 Å². The third kappa shape index (κ3) is 6.01. The van der Waals surface area contributed by atoms with Crippen LogP contribution in [0.4, 0.5) is 0 Å². The molecule has 4 rings (SSSR count). The monoisotopic (exact) mass is 572 g/mol. The van der Waals surface area contributed by atoms with Crippen LogP contribution in [0.1, 0.15) is 99.3 Å². The number of ether oxygens (including phenoxy) is 2. The van der Waals surface area contributed by atoms with E-state index in [1.54, 1.807) is 4.90 Å². The van der Waals surface area contributed by atoms with E-state index in [1.807, 2.05) is 30.1 Å². The molecule has 41 heavy (non-hydrogen) atoms. The van der Waals surface area contributed by atoms with Crippen LogP contribution in [0.2, 0.25) is 0 Å². The van der Waals surface area contributed by atoms with Crippen molar-refractivity contribution in [1.29, 1.82) is 0 Å². The Morgan fingerprint density at radius 3 is 2.37 bits per heavy atom. The van der Waals surface area contributed by atoms with E-state index >= 15 is 0 Å². The Balaban J connectivity index is 1.81. The Morgan fingerprint density at radius 1 is 0.951 bits per heavy atom. The Bertz CT molecular complexity index is 1040. The van der Waals surface area contributed by atoms with E-state index in [-0.39, 0.29) is 23.8 Å². The van der Waals surface area contributed by atoms with Crippen LogP contribution in [-0.4, -0.2) is 81.8 Å². The molecular formula is C33H52N2O6. The Kier molecular flexibility index (Phi) is 9.44. The first-order valence-electron chi connectivity index (χ1n) is 15.8. The van der Waals surface area contributed by atoms with Crippen LogP contribution in [0, 0.1) is 17.3 Å². The maximum absolute atomic E-state index is 14.8. The SMILES string of the molecule is CC[C@@]12/C=C\CCCCOC(=O)[C@@H]1[C@H]1C(=O)N(CCCCCCO)C3C(=O)N(C(C)(C)CC(C)(C)C)CC=C[C@@]31O2. The molecule has 8 nitrogen and oxygen atoms in total. The van der Waals surface area contributed by atoms with Gasteiger partial charge in [0.2, 0.25) is 11.8 Å². The maximum Gasteiger partial charge on any atom is 0.313 e. The highest BCUT2D eigenvalue weighted by Crippen LogP contribution is 2.58. The van der Waals surface area contributed by atoms with Crippen molar-refractivity contribution in [2.75, 3.05) is 26.3 Å². The molecule has 0 saturated carbocycles. The molecule has 0 aromatic carbocycles. The molecule has 0 bridgehead atoms. The number of unbranched alkanes of at least 4 members (excludes halogenated alkanes) is 3. The largest absolute Gasteiger partial charge is 0.465 e. The molecule has 4 aliphatic heterocycles. The number of aliphatic hydroxyl groups excluding tert-OH is 1. The molecule has 0 aliphatic carbocycles. The normalized spacial score (nSPS) is 33.2. The van der Waals surface area contributed by atoms with E-state index in [0.717, 1.165) is 38.5 Å². The number of carbonyl (C=O) groups excluding carboxylic acids is 3. The van der Waals surface area contributed by atoms with E-state index in [0.29, 0.717) is 39.0 Å². The second-order valence-corrected chi connectivity index (χ2v) is 14.3. The molecule has 0 aromatic rings. The molecule has 1 N–H and O–H groups in total. The fourth-order valence-corrected chi connectivity index (χ4v) is 7.96. The fraction of sp³-hybridized carbons (Fsp3) is 0.788. The second-order valence-electron chi connectivity index (χ2n) is 14.3. The summed E-state index contributed by atoms with van der Waals surface area (Å²) in [5.74, 6) is -2.40. The van der Waals surface area contributed by atoms with Crippen molar-refractivity contribution >= 4 is 17.8 Å². The van der Waals surface area contributed by atoms with E-state index < -0.39 is 40.6 Å². The quantitative estimate of drug-likeness (QED) is 0.242. The van der Waals surface area contributed by atoms with Gasteiger partial charge in [-0.05, 0) is 64.2 Å². The summed E-state index contributed by atoms with van der Waals surface area (Å²) in [7, 11) is 0. The summed E-state index contributed by atoms with van der Waals surface area (Å²) in [4.78, 5) is 46.6. The van der Waals surface area contributed by atoms with Crippen molar-refractivity contribution in [2.24, 2.45) is 17.3 Å². The van der Waals surface area contributed by atoms with Crippen LogP contribution in [0.15, 0.2) is 24.3 Å². The molecule has 2 fully saturated rings. The first-order valence-corrected chi connectivity index (χ1v) is 15.8. The number of likely N-dealkylation sites (tertiary alicyclic amines) is 1. The number of hydrogen-bond donors (Lipinski definition) is 1. The van der Waals surface area contributed by atoms with Crippen LogP contribution in [0.3, 0.4) is 0 Å². The standard InChI is InChI=1S/C33H52N2O6/c1-7-32-17-12-8-11-15-22-40-29(39)25(32)24-27(37)34(19-13-9-10-14-21-36)26-28(38)35(20-16-18-33(24,26)41-32)31(5,6)23-30(2,3)4/h12,16-18,24-26,36H,7-11,13-15,19-23H2,1-6H3/b17-12-/t24-,25-,26?,32+,33-/m0/s1. The van der Waals surface area contributed by atoms with Gasteiger partial charge in [0.05, 0.1) is 12.5 Å². The van der Waals surface area contributed by atoms with Crippen molar-refractivity contribution in [3.63, 3.8) is 0 Å². The Labute approximate surface area is 246 Å². The summed E-state index contributed by atoms with van der Waals surface area (Å²) in [5, 5.41) is 9.21. The molecule has 4 aliphatic rings. The predicted molar refractivity (Wildman–Crippen MR) is 158 cm³/mol. The third-order valence-corrected chi connectivity index (χ3v) is 9.38. The number of esters is 1. The minimum Gasteiger partial charge on any atom is -0.465 e. The van der Waals surface area contributed by atoms with Crippen LogP contribution in [0.25, 0.3) is 0 Å². The van der Waals surface area contributed by atoms with Gasteiger partial charge in [-0.3, -0.25) is 14.4 Å². The number of rotatable bonds is 9. The molecule has 4 heterocycles. The number of cyclic esters (lactones) is 1. The Morgan fingerprint density at radius 2 is 1.68 bits per heavy atom. The van der Waals surface area contributed by atoms with Gasteiger partial charge in [-0.25, -0.2) is 0 Å². The van der Waals surface area contributed by atoms with Crippen molar-refractivity contribution in [2.45, 2.75) is 122 Å². The first kappa shape index (κ1) is 31.7. The minimum atomic E-state index is -1.26. The predicted octanol–water partition coefficient (Wildman–Crippen LogP) is 4.80. The van der Waals surface area contributed by atoms with Crippen LogP contribution in [0.5, 0.6) is 0 Å². The van der Waals surface area contributed by atoms with E-state index in [4.69, 9.17) is 9.47 Å². The summed E-state index contributed by atoms with van der Waals surface area (Å²) >= 11 is 0. The molecule has 1 spiro atoms. The van der Waals surface area contributed by atoms with Gasteiger partial charge in [0.25, 0.3) is 0 Å². The van der Waals surface area contributed by atoms with Gasteiger partial charge < -0.3 is 24.4 Å². The highest BCUT2D eigenvalue weighted by molar-refractivity contribution is 5.99. The molecule has 2 saturated heterocycles. The van der Waals surface area contributed by atoms with Gasteiger partial charge in [0.1, 0.15) is 23.2 Å². The average Bonchev–Trinajstić information content (AvgIpc) is 3.23. The van der Waals surface area contributed by atoms with Crippen LogP contribution < -0.4 is 0 Å². The smallest absolute Gasteiger partial charge is 0.313 e. The van der Waals surface area contributed by atoms with Gasteiger partial charge >= 0.3 is 5.97 Å². The molecule has 5 atom stereocenters. The topological polar surface area (TPSA) is 96.4 Å². The molecule has 2 amide bonds. The Hall–Kier alpha value is -2.19. The molecule has 0 radical (unpaired) electrons. The van der Waals surface area contributed by atoms with Crippen LogP contribution >= 0.6 is 0 Å². The average molecular weight is 573 g/mol.